The van der Waals surface area contributed by atoms with E-state index < -0.39 is 23.2 Å². The molecule has 0 radical (unpaired) electrons. The lowest BCUT2D eigenvalue weighted by Gasteiger charge is -2.33. The summed E-state index contributed by atoms with van der Waals surface area (Å²) in [6.07, 6.45) is 4.80. The van der Waals surface area contributed by atoms with Crippen LogP contribution in [0.3, 0.4) is 0 Å². The average molecular weight is 378 g/mol. The topological polar surface area (TPSA) is 108 Å². The Morgan fingerprint density at radius 2 is 2.15 bits per heavy atom. The zero-order valence-electron chi connectivity index (χ0n) is 13.9. The zero-order chi connectivity index (χ0) is 18.7. The molecule has 2 fully saturated rings. The second kappa shape index (κ2) is 7.77. The van der Waals surface area contributed by atoms with Gasteiger partial charge >= 0.3 is 5.97 Å². The maximum absolute atomic E-state index is 12.4. The van der Waals surface area contributed by atoms with Crippen LogP contribution in [-0.2, 0) is 14.4 Å². The first kappa shape index (κ1) is 18.2. The van der Waals surface area contributed by atoms with Gasteiger partial charge in [0.2, 0.25) is 5.91 Å². The molecule has 138 valence electrons. The number of carbonyl (C=O) groups excluding carboxylic acids is 3. The SMILES string of the molecule is O=C(O)C1CCCCN1C(=O)CCN1C(=O)S/C(=C\c2ccco2)C1=O. The van der Waals surface area contributed by atoms with Gasteiger partial charge in [-0.15, -0.1) is 0 Å². The van der Waals surface area contributed by atoms with Gasteiger partial charge in [0.25, 0.3) is 11.1 Å². The molecule has 3 heterocycles. The van der Waals surface area contributed by atoms with E-state index in [4.69, 9.17) is 4.42 Å². The summed E-state index contributed by atoms with van der Waals surface area (Å²) >= 11 is 0.792. The number of carboxylic acids is 1. The number of nitrogens with zero attached hydrogens (tertiary/aromatic N) is 2. The second-order valence-electron chi connectivity index (χ2n) is 6.04. The van der Waals surface area contributed by atoms with Crippen LogP contribution in [0.25, 0.3) is 6.08 Å². The molecule has 1 N–H and O–H groups in total. The monoisotopic (exact) mass is 378 g/mol. The fraction of sp³-hybridized carbons (Fsp3) is 0.412. The Morgan fingerprint density at radius 1 is 1.35 bits per heavy atom. The Balaban J connectivity index is 1.62. The summed E-state index contributed by atoms with van der Waals surface area (Å²) in [5.74, 6) is -1.39. The molecule has 8 nitrogen and oxygen atoms in total. The molecular weight excluding hydrogens is 360 g/mol. The number of likely N-dealkylation sites (tertiary alicyclic amines) is 1. The third-order valence-corrected chi connectivity index (χ3v) is 5.26. The molecule has 1 atom stereocenters. The number of hydrogen-bond donors (Lipinski definition) is 1. The standard InChI is InChI=1S/C17H18N2O6S/c20-14(18-7-2-1-5-12(18)16(22)23)6-8-19-15(21)13(26-17(19)24)10-11-4-3-9-25-11/h3-4,9-10,12H,1-2,5-8H2,(H,22,23)/b13-10-. The highest BCUT2D eigenvalue weighted by Gasteiger charge is 2.37. The van der Waals surface area contributed by atoms with Crippen molar-refractivity contribution in [3.05, 3.63) is 29.1 Å². The molecule has 2 saturated heterocycles. The van der Waals surface area contributed by atoms with Crippen molar-refractivity contribution in [2.75, 3.05) is 13.1 Å². The van der Waals surface area contributed by atoms with E-state index in [1.165, 1.54) is 17.2 Å². The molecule has 0 saturated carbocycles. The van der Waals surface area contributed by atoms with E-state index in [-0.39, 0.29) is 23.8 Å². The molecule has 26 heavy (non-hydrogen) atoms. The molecule has 2 aliphatic rings. The van der Waals surface area contributed by atoms with Crippen molar-refractivity contribution in [1.82, 2.24) is 9.80 Å². The maximum Gasteiger partial charge on any atom is 0.326 e. The number of carboxylic acid groups (broad SMARTS) is 1. The maximum atomic E-state index is 12.4. The molecular formula is C17H18N2O6S. The summed E-state index contributed by atoms with van der Waals surface area (Å²) in [4.78, 5) is 50.7. The van der Waals surface area contributed by atoms with Crippen LogP contribution < -0.4 is 0 Å². The summed E-state index contributed by atoms with van der Waals surface area (Å²) < 4.78 is 5.14. The summed E-state index contributed by atoms with van der Waals surface area (Å²) in [7, 11) is 0. The molecule has 3 amide bonds. The van der Waals surface area contributed by atoms with E-state index in [9.17, 15) is 24.3 Å². The van der Waals surface area contributed by atoms with Crippen LogP contribution in [0.5, 0.6) is 0 Å². The van der Waals surface area contributed by atoms with Gasteiger partial charge in [-0.05, 0) is 43.2 Å². The van der Waals surface area contributed by atoms with E-state index in [1.807, 2.05) is 0 Å². The van der Waals surface area contributed by atoms with Gasteiger partial charge in [0, 0.05) is 25.6 Å². The highest BCUT2D eigenvalue weighted by atomic mass is 32.2. The third kappa shape index (κ3) is 3.82. The number of rotatable bonds is 5. The van der Waals surface area contributed by atoms with Gasteiger partial charge in [-0.2, -0.15) is 0 Å². The van der Waals surface area contributed by atoms with E-state index in [1.54, 1.807) is 12.1 Å². The van der Waals surface area contributed by atoms with E-state index in [0.29, 0.717) is 18.7 Å². The number of thioether (sulfide) groups is 1. The van der Waals surface area contributed by atoms with Crippen LogP contribution in [-0.4, -0.2) is 57.1 Å². The van der Waals surface area contributed by atoms with E-state index >= 15 is 0 Å². The van der Waals surface area contributed by atoms with Gasteiger partial charge in [-0.3, -0.25) is 19.3 Å². The van der Waals surface area contributed by atoms with Crippen molar-refractivity contribution < 1.29 is 28.7 Å². The predicted octanol–water partition coefficient (Wildman–Crippen LogP) is 2.17. The van der Waals surface area contributed by atoms with Gasteiger partial charge in [0.1, 0.15) is 11.8 Å². The number of hydrogen-bond acceptors (Lipinski definition) is 6. The number of piperidine rings is 1. The molecule has 0 spiro atoms. The lowest BCUT2D eigenvalue weighted by molar-refractivity contribution is -0.152. The average Bonchev–Trinajstić information content (AvgIpc) is 3.22. The largest absolute Gasteiger partial charge is 0.480 e. The Labute approximate surface area is 153 Å². The number of aliphatic carboxylic acids is 1. The lowest BCUT2D eigenvalue weighted by Crippen LogP contribution is -2.48. The first-order valence-corrected chi connectivity index (χ1v) is 9.10. The molecule has 1 aromatic rings. The molecule has 2 aliphatic heterocycles. The summed E-state index contributed by atoms with van der Waals surface area (Å²) in [5.41, 5.74) is 0. The Morgan fingerprint density at radius 3 is 2.85 bits per heavy atom. The fourth-order valence-electron chi connectivity index (χ4n) is 3.03. The highest BCUT2D eigenvalue weighted by Crippen LogP contribution is 2.32. The van der Waals surface area contributed by atoms with Gasteiger partial charge in [-0.1, -0.05) is 0 Å². The minimum absolute atomic E-state index is 0.0676. The van der Waals surface area contributed by atoms with Crippen LogP contribution in [0.15, 0.2) is 27.7 Å². The van der Waals surface area contributed by atoms with Crippen LogP contribution >= 0.6 is 11.8 Å². The smallest absolute Gasteiger partial charge is 0.326 e. The Kier molecular flexibility index (Phi) is 5.46. The number of imide groups is 1. The Bertz CT molecular complexity index is 757. The van der Waals surface area contributed by atoms with Gasteiger partial charge < -0.3 is 14.4 Å². The van der Waals surface area contributed by atoms with Gasteiger partial charge in [0.15, 0.2) is 0 Å². The molecule has 9 heteroatoms. The molecule has 0 bridgehead atoms. The highest BCUT2D eigenvalue weighted by molar-refractivity contribution is 8.18. The van der Waals surface area contributed by atoms with Gasteiger partial charge in [-0.25, -0.2) is 4.79 Å². The van der Waals surface area contributed by atoms with E-state index in [0.717, 1.165) is 29.5 Å². The molecule has 0 aliphatic carbocycles. The second-order valence-corrected chi connectivity index (χ2v) is 7.03. The number of furan rings is 1. The van der Waals surface area contributed by atoms with E-state index in [2.05, 4.69) is 0 Å². The first-order chi connectivity index (χ1) is 12.5. The summed E-state index contributed by atoms with van der Waals surface area (Å²) in [6.45, 7) is 0.317. The zero-order valence-corrected chi connectivity index (χ0v) is 14.7. The molecule has 3 rings (SSSR count). The number of carbonyl (C=O) groups is 4. The Hall–Kier alpha value is -2.55. The van der Waals surface area contributed by atoms with Crippen molar-refractivity contribution in [3.8, 4) is 0 Å². The third-order valence-electron chi connectivity index (χ3n) is 4.35. The normalized spacial score (nSPS) is 22.3. The minimum atomic E-state index is -1.02. The quantitative estimate of drug-likeness (QED) is 0.782. The summed E-state index contributed by atoms with van der Waals surface area (Å²) in [6, 6.07) is 2.51. The van der Waals surface area contributed by atoms with Crippen LogP contribution in [0.4, 0.5) is 4.79 Å². The van der Waals surface area contributed by atoms with Gasteiger partial charge in [0.05, 0.1) is 11.2 Å². The molecule has 1 aromatic heterocycles. The van der Waals surface area contributed by atoms with Crippen molar-refractivity contribution in [2.24, 2.45) is 0 Å². The van der Waals surface area contributed by atoms with Crippen molar-refractivity contribution in [2.45, 2.75) is 31.7 Å². The van der Waals surface area contributed by atoms with Crippen LogP contribution in [0, 0.1) is 0 Å². The van der Waals surface area contributed by atoms with Crippen LogP contribution in [0.2, 0.25) is 0 Å². The number of amides is 3. The van der Waals surface area contributed by atoms with Crippen molar-refractivity contribution in [3.63, 3.8) is 0 Å². The molecule has 0 aromatic carbocycles. The van der Waals surface area contributed by atoms with Crippen molar-refractivity contribution >= 4 is 40.9 Å². The van der Waals surface area contributed by atoms with Crippen molar-refractivity contribution in [1.29, 1.82) is 0 Å². The molecule has 1 unspecified atom stereocenters. The minimum Gasteiger partial charge on any atom is -0.480 e. The lowest BCUT2D eigenvalue weighted by atomic mass is 10.0. The van der Waals surface area contributed by atoms with Crippen LogP contribution in [0.1, 0.15) is 31.4 Å². The fourth-order valence-corrected chi connectivity index (χ4v) is 3.88. The predicted molar refractivity (Wildman–Crippen MR) is 93.0 cm³/mol. The first-order valence-electron chi connectivity index (χ1n) is 8.28. The summed E-state index contributed by atoms with van der Waals surface area (Å²) in [5, 5.41) is 8.80.